The van der Waals surface area contributed by atoms with Gasteiger partial charge in [0.05, 0.1) is 19.3 Å². The molecule has 2 N–H and O–H groups in total. The maximum atomic E-state index is 10.1. The van der Waals surface area contributed by atoms with Gasteiger partial charge in [-0.25, -0.2) is 0 Å². The molecule has 0 unspecified atom stereocenters. The summed E-state index contributed by atoms with van der Waals surface area (Å²) in [4.78, 5) is 2.24. The molecular formula is C18H29NO3. The lowest BCUT2D eigenvalue weighted by molar-refractivity contribution is 0.00264. The van der Waals surface area contributed by atoms with Gasteiger partial charge in [0.15, 0.2) is 0 Å². The van der Waals surface area contributed by atoms with E-state index >= 15 is 0 Å². The van der Waals surface area contributed by atoms with Gasteiger partial charge in [-0.3, -0.25) is 0 Å². The first-order valence-corrected chi connectivity index (χ1v) is 8.30. The SMILES string of the molecule is CN(C[C@@H](O)COCc1ccccc1)C1CCC(CO)CC1. The van der Waals surface area contributed by atoms with Crippen molar-refractivity contribution >= 4 is 0 Å². The Kier molecular flexibility index (Phi) is 7.33. The standard InChI is InChI=1S/C18H29NO3/c1-19(17-9-7-15(12-20)8-10-17)11-18(21)14-22-13-16-5-3-2-4-6-16/h2-6,15,17-18,20-21H,7-14H2,1H3/t15?,17?,18-/m1/s1. The first-order chi connectivity index (χ1) is 10.7. The topological polar surface area (TPSA) is 52.9 Å². The molecule has 0 saturated heterocycles. The molecule has 1 aliphatic carbocycles. The van der Waals surface area contributed by atoms with Crippen molar-refractivity contribution in [2.45, 2.75) is 44.4 Å². The monoisotopic (exact) mass is 307 g/mol. The highest BCUT2D eigenvalue weighted by Crippen LogP contribution is 2.26. The highest BCUT2D eigenvalue weighted by atomic mass is 16.5. The van der Waals surface area contributed by atoms with Gasteiger partial charge < -0.3 is 19.8 Å². The number of rotatable bonds is 8. The normalized spacial score (nSPS) is 23.6. The molecule has 0 aromatic heterocycles. The molecule has 22 heavy (non-hydrogen) atoms. The second-order valence-corrected chi connectivity index (χ2v) is 6.45. The van der Waals surface area contributed by atoms with Gasteiger partial charge >= 0.3 is 0 Å². The van der Waals surface area contributed by atoms with Crippen LogP contribution >= 0.6 is 0 Å². The van der Waals surface area contributed by atoms with E-state index in [9.17, 15) is 10.2 Å². The lowest BCUT2D eigenvalue weighted by atomic mass is 9.86. The third kappa shape index (κ3) is 5.69. The Bertz CT molecular complexity index is 404. The van der Waals surface area contributed by atoms with Crippen molar-refractivity contribution in [1.82, 2.24) is 4.90 Å². The fourth-order valence-corrected chi connectivity index (χ4v) is 3.19. The van der Waals surface area contributed by atoms with E-state index in [0.717, 1.165) is 31.2 Å². The minimum atomic E-state index is -0.454. The second-order valence-electron chi connectivity index (χ2n) is 6.45. The van der Waals surface area contributed by atoms with Gasteiger partial charge in [0.2, 0.25) is 0 Å². The van der Waals surface area contributed by atoms with Crippen LogP contribution in [0.2, 0.25) is 0 Å². The third-order valence-electron chi connectivity index (χ3n) is 4.62. The fourth-order valence-electron chi connectivity index (χ4n) is 3.19. The number of hydrogen-bond acceptors (Lipinski definition) is 4. The molecule has 0 bridgehead atoms. The minimum absolute atomic E-state index is 0.312. The predicted molar refractivity (Wildman–Crippen MR) is 87.6 cm³/mol. The largest absolute Gasteiger partial charge is 0.396 e. The average molecular weight is 307 g/mol. The molecule has 1 aliphatic rings. The van der Waals surface area contributed by atoms with Crippen molar-refractivity contribution in [3.8, 4) is 0 Å². The number of benzene rings is 1. The molecule has 1 atom stereocenters. The molecular weight excluding hydrogens is 278 g/mol. The van der Waals surface area contributed by atoms with Gasteiger partial charge in [-0.05, 0) is 44.2 Å². The van der Waals surface area contributed by atoms with E-state index in [0.29, 0.717) is 38.3 Å². The molecule has 0 aliphatic heterocycles. The van der Waals surface area contributed by atoms with Crippen LogP contribution in [0.3, 0.4) is 0 Å². The van der Waals surface area contributed by atoms with Crippen molar-refractivity contribution in [3.05, 3.63) is 35.9 Å². The van der Waals surface area contributed by atoms with Crippen LogP contribution in [0.15, 0.2) is 30.3 Å². The van der Waals surface area contributed by atoms with Crippen LogP contribution in [0, 0.1) is 5.92 Å². The maximum absolute atomic E-state index is 10.1. The average Bonchev–Trinajstić information content (AvgIpc) is 2.56. The van der Waals surface area contributed by atoms with Crippen LogP contribution in [-0.4, -0.2) is 54.1 Å². The quantitative estimate of drug-likeness (QED) is 0.772. The highest BCUT2D eigenvalue weighted by Gasteiger charge is 2.24. The van der Waals surface area contributed by atoms with Crippen molar-refractivity contribution in [3.63, 3.8) is 0 Å². The molecule has 0 heterocycles. The van der Waals surface area contributed by atoms with Gasteiger partial charge in [0.25, 0.3) is 0 Å². The van der Waals surface area contributed by atoms with Gasteiger partial charge in [-0.2, -0.15) is 0 Å². The Morgan fingerprint density at radius 1 is 1.18 bits per heavy atom. The van der Waals surface area contributed by atoms with Crippen molar-refractivity contribution < 1.29 is 14.9 Å². The summed E-state index contributed by atoms with van der Waals surface area (Å²) >= 11 is 0. The predicted octanol–water partition coefficient (Wildman–Crippen LogP) is 2.05. The van der Waals surface area contributed by atoms with Gasteiger partial charge in [-0.15, -0.1) is 0 Å². The first kappa shape index (κ1) is 17.4. The molecule has 4 heteroatoms. The summed E-state index contributed by atoms with van der Waals surface area (Å²) in [5, 5.41) is 19.3. The van der Waals surface area contributed by atoms with E-state index in [4.69, 9.17) is 4.74 Å². The van der Waals surface area contributed by atoms with Gasteiger partial charge in [-0.1, -0.05) is 30.3 Å². The summed E-state index contributed by atoms with van der Waals surface area (Å²) in [6.45, 7) is 1.87. The molecule has 1 aromatic carbocycles. The lowest BCUT2D eigenvalue weighted by Crippen LogP contribution is -2.41. The van der Waals surface area contributed by atoms with Crippen molar-refractivity contribution in [2.75, 3.05) is 26.8 Å². The Morgan fingerprint density at radius 2 is 1.86 bits per heavy atom. The Hall–Kier alpha value is -0.940. The number of nitrogens with zero attached hydrogens (tertiary/aromatic N) is 1. The molecule has 1 saturated carbocycles. The smallest absolute Gasteiger partial charge is 0.0900 e. The van der Waals surface area contributed by atoms with Gasteiger partial charge in [0, 0.05) is 19.2 Å². The molecule has 2 rings (SSSR count). The Morgan fingerprint density at radius 3 is 2.50 bits per heavy atom. The van der Waals surface area contributed by atoms with Gasteiger partial charge in [0.1, 0.15) is 0 Å². The summed E-state index contributed by atoms with van der Waals surface area (Å²) in [7, 11) is 2.07. The fraction of sp³-hybridized carbons (Fsp3) is 0.667. The number of likely N-dealkylation sites (N-methyl/N-ethyl adjacent to an activating group) is 1. The number of hydrogen-bond donors (Lipinski definition) is 2. The minimum Gasteiger partial charge on any atom is -0.396 e. The van der Waals surface area contributed by atoms with E-state index < -0.39 is 6.10 Å². The van der Waals surface area contributed by atoms with Crippen molar-refractivity contribution in [1.29, 1.82) is 0 Å². The zero-order valence-electron chi connectivity index (χ0n) is 13.5. The molecule has 1 fully saturated rings. The number of aliphatic hydroxyl groups is 2. The second kappa shape index (κ2) is 9.26. The van der Waals surface area contributed by atoms with Crippen LogP contribution in [-0.2, 0) is 11.3 Å². The highest BCUT2D eigenvalue weighted by molar-refractivity contribution is 5.13. The lowest BCUT2D eigenvalue weighted by Gasteiger charge is -2.35. The molecule has 0 amide bonds. The summed E-state index contributed by atoms with van der Waals surface area (Å²) in [5.74, 6) is 0.476. The Labute approximate surface area is 133 Å². The zero-order valence-corrected chi connectivity index (χ0v) is 13.5. The number of ether oxygens (including phenoxy) is 1. The van der Waals surface area contributed by atoms with Crippen LogP contribution in [0.1, 0.15) is 31.2 Å². The van der Waals surface area contributed by atoms with Crippen LogP contribution < -0.4 is 0 Å². The van der Waals surface area contributed by atoms with Crippen LogP contribution in [0.25, 0.3) is 0 Å². The van der Waals surface area contributed by atoms with Crippen molar-refractivity contribution in [2.24, 2.45) is 5.92 Å². The summed E-state index contributed by atoms with van der Waals surface area (Å²) in [6.07, 6.45) is 3.95. The summed E-state index contributed by atoms with van der Waals surface area (Å²) < 4.78 is 5.59. The van der Waals surface area contributed by atoms with E-state index in [2.05, 4.69) is 11.9 Å². The van der Waals surface area contributed by atoms with E-state index in [1.807, 2.05) is 30.3 Å². The molecule has 1 aromatic rings. The molecule has 0 radical (unpaired) electrons. The zero-order chi connectivity index (χ0) is 15.8. The maximum Gasteiger partial charge on any atom is 0.0900 e. The number of aliphatic hydroxyl groups excluding tert-OH is 2. The van der Waals surface area contributed by atoms with Crippen LogP contribution in [0.5, 0.6) is 0 Å². The molecule has 4 nitrogen and oxygen atoms in total. The van der Waals surface area contributed by atoms with E-state index in [1.165, 1.54) is 0 Å². The Balaban J connectivity index is 1.63. The first-order valence-electron chi connectivity index (χ1n) is 8.30. The third-order valence-corrected chi connectivity index (χ3v) is 4.62. The summed E-state index contributed by atoms with van der Waals surface area (Å²) in [6, 6.07) is 10.5. The van der Waals surface area contributed by atoms with Crippen LogP contribution in [0.4, 0.5) is 0 Å². The molecule has 124 valence electrons. The molecule has 0 spiro atoms. The summed E-state index contributed by atoms with van der Waals surface area (Å²) in [5.41, 5.74) is 1.13. The van der Waals surface area contributed by atoms with E-state index in [-0.39, 0.29) is 0 Å². The van der Waals surface area contributed by atoms with E-state index in [1.54, 1.807) is 0 Å².